The highest BCUT2D eigenvalue weighted by Gasteiger charge is 2.35. The highest BCUT2D eigenvalue weighted by molar-refractivity contribution is 5.47. The molecule has 0 spiro atoms. The Hall–Kier alpha value is -1.57. The molecule has 0 unspecified atom stereocenters. The summed E-state index contributed by atoms with van der Waals surface area (Å²) in [6.45, 7) is 0.592. The van der Waals surface area contributed by atoms with Gasteiger partial charge in [-0.3, -0.25) is 0 Å². The lowest BCUT2D eigenvalue weighted by Crippen LogP contribution is -2.17. The van der Waals surface area contributed by atoms with Crippen LogP contribution in [-0.4, -0.2) is 16.5 Å². The van der Waals surface area contributed by atoms with Gasteiger partial charge in [0.15, 0.2) is 0 Å². The predicted octanol–water partition coefficient (Wildman–Crippen LogP) is 2.38. The molecule has 1 aliphatic rings. The summed E-state index contributed by atoms with van der Waals surface area (Å²) in [5.74, 6) is 4.77. The maximum absolute atomic E-state index is 12.6. The topological polar surface area (TPSA) is 75.9 Å². The molecular formula is C11H16F3N5. The highest BCUT2D eigenvalue weighted by atomic mass is 19.4. The second kappa shape index (κ2) is 5.60. The third kappa shape index (κ3) is 4.23. The van der Waals surface area contributed by atoms with Gasteiger partial charge in [-0.05, 0) is 18.8 Å². The second-order valence-electron chi connectivity index (χ2n) is 4.62. The molecule has 1 aliphatic carbocycles. The Morgan fingerprint density at radius 2 is 1.95 bits per heavy atom. The van der Waals surface area contributed by atoms with E-state index in [1.165, 1.54) is 18.9 Å². The summed E-state index contributed by atoms with van der Waals surface area (Å²) in [4.78, 5) is 6.72. The van der Waals surface area contributed by atoms with Crippen LogP contribution in [0.15, 0.2) is 6.07 Å². The number of nitrogens with one attached hydrogen (secondary N) is 2. The van der Waals surface area contributed by atoms with E-state index in [1.54, 1.807) is 0 Å². The lowest BCUT2D eigenvalue weighted by molar-refractivity contribution is -0.144. The molecule has 1 saturated carbocycles. The molecule has 0 aromatic carbocycles. The predicted molar refractivity (Wildman–Crippen MR) is 65.3 cm³/mol. The maximum atomic E-state index is 12.6. The van der Waals surface area contributed by atoms with E-state index in [0.717, 1.165) is 18.8 Å². The van der Waals surface area contributed by atoms with Gasteiger partial charge in [-0.2, -0.15) is 13.2 Å². The molecule has 1 fully saturated rings. The first-order valence-corrected chi connectivity index (χ1v) is 6.16. The number of nitrogens with zero attached hydrogens (tertiary/aromatic N) is 2. The number of alkyl halides is 3. The van der Waals surface area contributed by atoms with Gasteiger partial charge >= 0.3 is 6.18 Å². The van der Waals surface area contributed by atoms with Gasteiger partial charge < -0.3 is 10.7 Å². The van der Waals surface area contributed by atoms with Gasteiger partial charge in [0, 0.05) is 12.6 Å². The fourth-order valence-electron chi connectivity index (χ4n) is 1.75. The van der Waals surface area contributed by atoms with Crippen LogP contribution in [0.5, 0.6) is 0 Å². The third-order valence-corrected chi connectivity index (χ3v) is 2.92. The first-order valence-electron chi connectivity index (χ1n) is 6.16. The summed E-state index contributed by atoms with van der Waals surface area (Å²) < 4.78 is 37.7. The monoisotopic (exact) mass is 275 g/mol. The van der Waals surface area contributed by atoms with Gasteiger partial charge in [0.05, 0.1) is 0 Å². The molecule has 0 aliphatic heterocycles. The van der Waals surface area contributed by atoms with Crippen LogP contribution in [-0.2, 0) is 6.18 Å². The summed E-state index contributed by atoms with van der Waals surface area (Å²) in [6.07, 6.45) is -0.0230. The van der Waals surface area contributed by atoms with Crippen LogP contribution in [0.2, 0.25) is 0 Å². The minimum atomic E-state index is -4.59. The number of hydrogen-bond donors (Lipinski definition) is 3. The zero-order valence-corrected chi connectivity index (χ0v) is 10.3. The smallest absolute Gasteiger partial charge is 0.370 e. The maximum Gasteiger partial charge on any atom is 0.451 e. The van der Waals surface area contributed by atoms with Crippen molar-refractivity contribution in [2.24, 2.45) is 11.8 Å². The van der Waals surface area contributed by atoms with Gasteiger partial charge in [0.1, 0.15) is 11.6 Å². The molecule has 19 heavy (non-hydrogen) atoms. The van der Waals surface area contributed by atoms with Crippen molar-refractivity contribution < 1.29 is 13.2 Å². The fraction of sp³-hybridized carbons (Fsp3) is 0.636. The lowest BCUT2D eigenvalue weighted by atomic mass is 10.2. The zero-order chi connectivity index (χ0) is 13.9. The van der Waals surface area contributed by atoms with Crippen LogP contribution >= 0.6 is 0 Å². The average Bonchev–Trinajstić information content (AvgIpc) is 3.17. The van der Waals surface area contributed by atoms with Crippen LogP contribution in [0.4, 0.5) is 24.8 Å². The molecule has 5 nitrogen and oxygen atoms in total. The van der Waals surface area contributed by atoms with Crippen molar-refractivity contribution >= 4 is 11.6 Å². The third-order valence-electron chi connectivity index (χ3n) is 2.92. The molecule has 106 valence electrons. The Balaban J connectivity index is 1.97. The van der Waals surface area contributed by atoms with Gasteiger partial charge in [-0.1, -0.05) is 12.8 Å². The SMILES string of the molecule is NNc1cc(NCCCC2CC2)nc(C(F)(F)F)n1. The van der Waals surface area contributed by atoms with Crippen molar-refractivity contribution in [3.8, 4) is 0 Å². The molecule has 1 aromatic rings. The molecule has 1 heterocycles. The first kappa shape index (κ1) is 13.9. The van der Waals surface area contributed by atoms with Gasteiger partial charge in [0.25, 0.3) is 0 Å². The number of aromatic nitrogens is 2. The molecule has 8 heteroatoms. The van der Waals surface area contributed by atoms with E-state index in [4.69, 9.17) is 5.84 Å². The number of hydrazine groups is 1. The van der Waals surface area contributed by atoms with Crippen LogP contribution in [0.3, 0.4) is 0 Å². The molecule has 0 bridgehead atoms. The van der Waals surface area contributed by atoms with Crippen LogP contribution in [0.1, 0.15) is 31.5 Å². The molecule has 0 atom stereocenters. The van der Waals surface area contributed by atoms with Crippen molar-refractivity contribution in [1.82, 2.24) is 9.97 Å². The Bertz CT molecular complexity index is 431. The fourth-order valence-corrected chi connectivity index (χ4v) is 1.75. The Kier molecular flexibility index (Phi) is 4.08. The van der Waals surface area contributed by atoms with E-state index >= 15 is 0 Å². The number of halogens is 3. The average molecular weight is 275 g/mol. The molecule has 2 rings (SSSR count). The van der Waals surface area contributed by atoms with Crippen LogP contribution in [0, 0.1) is 5.92 Å². The van der Waals surface area contributed by atoms with Crippen molar-refractivity contribution in [1.29, 1.82) is 0 Å². The highest BCUT2D eigenvalue weighted by Crippen LogP contribution is 2.33. The minimum Gasteiger partial charge on any atom is -0.370 e. The normalized spacial score (nSPS) is 15.4. The lowest BCUT2D eigenvalue weighted by Gasteiger charge is -2.11. The summed E-state index contributed by atoms with van der Waals surface area (Å²) in [5, 5.41) is 2.87. The molecule has 1 aromatic heterocycles. The van der Waals surface area contributed by atoms with E-state index < -0.39 is 12.0 Å². The Morgan fingerprint density at radius 1 is 1.26 bits per heavy atom. The van der Waals surface area contributed by atoms with E-state index in [-0.39, 0.29) is 11.6 Å². The largest absolute Gasteiger partial charge is 0.451 e. The van der Waals surface area contributed by atoms with Gasteiger partial charge in [-0.25, -0.2) is 15.8 Å². The first-order chi connectivity index (χ1) is 8.99. The number of nitrogens with two attached hydrogens (primary N) is 1. The number of rotatable bonds is 6. The molecule has 0 radical (unpaired) electrons. The van der Waals surface area contributed by atoms with E-state index in [0.29, 0.717) is 6.54 Å². The van der Waals surface area contributed by atoms with Crippen LogP contribution in [0.25, 0.3) is 0 Å². The zero-order valence-electron chi connectivity index (χ0n) is 10.3. The second-order valence-corrected chi connectivity index (χ2v) is 4.62. The molecule has 4 N–H and O–H groups in total. The Morgan fingerprint density at radius 3 is 2.53 bits per heavy atom. The number of nitrogen functional groups attached to an aromatic ring is 1. The molecular weight excluding hydrogens is 259 g/mol. The van der Waals surface area contributed by atoms with E-state index in [2.05, 4.69) is 20.7 Å². The summed E-state index contributed by atoms with van der Waals surface area (Å²) in [6, 6.07) is 1.35. The van der Waals surface area contributed by atoms with Crippen molar-refractivity contribution in [2.45, 2.75) is 31.9 Å². The minimum absolute atomic E-state index is 0.0629. The molecule has 0 amide bonds. The number of anilines is 2. The van der Waals surface area contributed by atoms with Crippen molar-refractivity contribution in [2.75, 3.05) is 17.3 Å². The standard InChI is InChI=1S/C11H16F3N5/c12-11(13,14)10-17-8(6-9(18-10)19-15)16-5-1-2-7-3-4-7/h6-7H,1-5,15H2,(H2,16,17,18,19). The van der Waals surface area contributed by atoms with E-state index in [9.17, 15) is 13.2 Å². The van der Waals surface area contributed by atoms with Gasteiger partial charge in [0.2, 0.25) is 5.82 Å². The molecule has 0 saturated heterocycles. The number of hydrogen-bond acceptors (Lipinski definition) is 5. The quantitative estimate of drug-likeness (QED) is 0.422. The summed E-state index contributed by atoms with van der Waals surface area (Å²) in [5.41, 5.74) is 2.11. The van der Waals surface area contributed by atoms with Crippen LogP contribution < -0.4 is 16.6 Å². The summed E-state index contributed by atoms with van der Waals surface area (Å²) >= 11 is 0. The van der Waals surface area contributed by atoms with Crippen molar-refractivity contribution in [3.05, 3.63) is 11.9 Å². The van der Waals surface area contributed by atoms with E-state index in [1.807, 2.05) is 0 Å². The Labute approximate surface area is 108 Å². The van der Waals surface area contributed by atoms with Gasteiger partial charge in [-0.15, -0.1) is 0 Å². The van der Waals surface area contributed by atoms with Crippen molar-refractivity contribution in [3.63, 3.8) is 0 Å². The summed E-state index contributed by atoms with van der Waals surface area (Å²) in [7, 11) is 0.